The number of aldehydes is 1. The fourth-order valence-corrected chi connectivity index (χ4v) is 2.55. The molecular formula is C14H14FNO2S. The van der Waals surface area contributed by atoms with Gasteiger partial charge in [-0.15, -0.1) is 11.3 Å². The van der Waals surface area contributed by atoms with Gasteiger partial charge < -0.3 is 4.74 Å². The normalized spacial score (nSPS) is 10.4. The molecule has 0 amide bonds. The first-order valence-electron chi connectivity index (χ1n) is 6.04. The number of benzene rings is 1. The molecule has 0 aliphatic rings. The van der Waals surface area contributed by atoms with E-state index in [9.17, 15) is 9.18 Å². The number of nitrogens with zero attached hydrogens (tertiary/aromatic N) is 1. The van der Waals surface area contributed by atoms with Crippen LogP contribution >= 0.6 is 11.3 Å². The van der Waals surface area contributed by atoms with Crippen LogP contribution in [0.5, 0.6) is 5.75 Å². The van der Waals surface area contributed by atoms with Crippen LogP contribution in [0.1, 0.15) is 34.4 Å². The summed E-state index contributed by atoms with van der Waals surface area (Å²) < 4.78 is 18.9. The zero-order valence-electron chi connectivity index (χ0n) is 10.6. The SMILES string of the molecule is CCCc1nc(COc2c(F)cccc2C=O)cs1. The molecule has 1 aromatic carbocycles. The van der Waals surface area contributed by atoms with E-state index in [1.165, 1.54) is 18.2 Å². The number of para-hydroxylation sites is 1. The third-order valence-electron chi connectivity index (χ3n) is 2.55. The molecule has 1 heterocycles. The van der Waals surface area contributed by atoms with E-state index < -0.39 is 5.82 Å². The molecule has 0 N–H and O–H groups in total. The van der Waals surface area contributed by atoms with Gasteiger partial charge in [0.15, 0.2) is 17.9 Å². The van der Waals surface area contributed by atoms with Gasteiger partial charge >= 0.3 is 0 Å². The van der Waals surface area contributed by atoms with Crippen molar-refractivity contribution in [3.8, 4) is 5.75 Å². The lowest BCUT2D eigenvalue weighted by molar-refractivity contribution is 0.111. The summed E-state index contributed by atoms with van der Waals surface area (Å²) in [6.07, 6.45) is 2.56. The Morgan fingerprint density at radius 2 is 2.32 bits per heavy atom. The van der Waals surface area contributed by atoms with Gasteiger partial charge in [0.05, 0.1) is 16.3 Å². The largest absolute Gasteiger partial charge is 0.483 e. The second-order valence-electron chi connectivity index (χ2n) is 4.05. The van der Waals surface area contributed by atoms with Crippen molar-refractivity contribution in [1.82, 2.24) is 4.98 Å². The molecule has 0 fully saturated rings. The first-order chi connectivity index (χ1) is 9.24. The van der Waals surface area contributed by atoms with Crippen molar-refractivity contribution in [3.05, 3.63) is 45.7 Å². The minimum Gasteiger partial charge on any atom is -0.483 e. The molecule has 5 heteroatoms. The lowest BCUT2D eigenvalue weighted by Crippen LogP contribution is -2.01. The van der Waals surface area contributed by atoms with Crippen molar-refractivity contribution in [2.24, 2.45) is 0 Å². The van der Waals surface area contributed by atoms with Crippen LogP contribution < -0.4 is 4.74 Å². The van der Waals surface area contributed by atoms with Crippen molar-refractivity contribution in [2.75, 3.05) is 0 Å². The molecule has 100 valence electrons. The average molecular weight is 279 g/mol. The summed E-state index contributed by atoms with van der Waals surface area (Å²) in [4.78, 5) is 15.2. The monoisotopic (exact) mass is 279 g/mol. The van der Waals surface area contributed by atoms with Crippen LogP contribution in [0.3, 0.4) is 0 Å². The van der Waals surface area contributed by atoms with E-state index in [2.05, 4.69) is 11.9 Å². The minimum atomic E-state index is -0.534. The zero-order chi connectivity index (χ0) is 13.7. The highest BCUT2D eigenvalue weighted by Crippen LogP contribution is 2.22. The van der Waals surface area contributed by atoms with Gasteiger partial charge in [0.25, 0.3) is 0 Å². The van der Waals surface area contributed by atoms with Crippen molar-refractivity contribution < 1.29 is 13.9 Å². The van der Waals surface area contributed by atoms with Crippen molar-refractivity contribution >= 4 is 17.6 Å². The number of aromatic nitrogens is 1. The van der Waals surface area contributed by atoms with Crippen molar-refractivity contribution in [2.45, 2.75) is 26.4 Å². The summed E-state index contributed by atoms with van der Waals surface area (Å²) in [7, 11) is 0. The molecule has 0 unspecified atom stereocenters. The zero-order valence-corrected chi connectivity index (χ0v) is 11.4. The van der Waals surface area contributed by atoms with Gasteiger partial charge in [-0.3, -0.25) is 4.79 Å². The second-order valence-corrected chi connectivity index (χ2v) is 4.99. The molecule has 0 aliphatic heterocycles. The number of thiazole rings is 1. The maximum Gasteiger partial charge on any atom is 0.166 e. The number of aryl methyl sites for hydroxylation is 1. The Balaban J connectivity index is 2.07. The molecule has 0 spiro atoms. The number of hydrogen-bond acceptors (Lipinski definition) is 4. The van der Waals surface area contributed by atoms with Gasteiger partial charge in [0.1, 0.15) is 6.61 Å². The topological polar surface area (TPSA) is 39.2 Å². The Morgan fingerprint density at radius 3 is 3.05 bits per heavy atom. The van der Waals surface area contributed by atoms with Gasteiger partial charge in [0, 0.05) is 5.38 Å². The van der Waals surface area contributed by atoms with Crippen LogP contribution in [0.15, 0.2) is 23.6 Å². The van der Waals surface area contributed by atoms with Crippen LogP contribution in [-0.2, 0) is 13.0 Å². The van der Waals surface area contributed by atoms with Crippen molar-refractivity contribution in [3.63, 3.8) is 0 Å². The maximum atomic E-state index is 13.6. The van der Waals surface area contributed by atoms with Crippen LogP contribution in [0.2, 0.25) is 0 Å². The molecule has 0 radical (unpaired) electrons. The van der Waals surface area contributed by atoms with Gasteiger partial charge in [-0.05, 0) is 25.0 Å². The molecule has 0 aliphatic carbocycles. The molecule has 1 aromatic heterocycles. The quantitative estimate of drug-likeness (QED) is 0.758. The van der Waals surface area contributed by atoms with E-state index in [4.69, 9.17) is 4.74 Å². The molecule has 19 heavy (non-hydrogen) atoms. The first-order valence-corrected chi connectivity index (χ1v) is 6.92. The second kappa shape index (κ2) is 6.43. The van der Waals surface area contributed by atoms with Gasteiger partial charge in [-0.25, -0.2) is 9.37 Å². The number of carbonyl (C=O) groups is 1. The van der Waals surface area contributed by atoms with E-state index in [1.807, 2.05) is 5.38 Å². The summed E-state index contributed by atoms with van der Waals surface area (Å²) in [6.45, 7) is 2.26. The summed E-state index contributed by atoms with van der Waals surface area (Å²) in [5.41, 5.74) is 0.970. The summed E-state index contributed by atoms with van der Waals surface area (Å²) in [6, 6.07) is 4.27. The molecule has 3 nitrogen and oxygen atoms in total. The van der Waals surface area contributed by atoms with E-state index in [1.54, 1.807) is 11.3 Å². The molecule has 0 saturated heterocycles. The molecule has 2 aromatic rings. The Morgan fingerprint density at radius 1 is 1.47 bits per heavy atom. The van der Waals surface area contributed by atoms with Gasteiger partial charge in [-0.1, -0.05) is 13.0 Å². The fourth-order valence-electron chi connectivity index (χ4n) is 1.66. The predicted molar refractivity (Wildman–Crippen MR) is 72.2 cm³/mol. The maximum absolute atomic E-state index is 13.6. The van der Waals surface area contributed by atoms with Crippen LogP contribution in [-0.4, -0.2) is 11.3 Å². The lowest BCUT2D eigenvalue weighted by atomic mass is 10.2. The Bertz CT molecular complexity index is 568. The standard InChI is InChI=1S/C14H14FNO2S/c1-2-4-13-16-11(9-19-13)8-18-14-10(7-17)5-3-6-12(14)15/h3,5-7,9H,2,4,8H2,1H3. The molecular weight excluding hydrogens is 265 g/mol. The highest BCUT2D eigenvalue weighted by atomic mass is 32.1. The highest BCUT2D eigenvalue weighted by Gasteiger charge is 2.10. The summed E-state index contributed by atoms with van der Waals surface area (Å²) in [5, 5.41) is 2.94. The van der Waals surface area contributed by atoms with Gasteiger partial charge in [0.2, 0.25) is 0 Å². The number of halogens is 1. The summed E-state index contributed by atoms with van der Waals surface area (Å²) in [5.74, 6) is -0.545. The van der Waals surface area contributed by atoms with E-state index in [0.29, 0.717) is 6.29 Å². The van der Waals surface area contributed by atoms with E-state index >= 15 is 0 Å². The Hall–Kier alpha value is -1.75. The number of rotatable bonds is 6. The third-order valence-corrected chi connectivity index (χ3v) is 3.51. The smallest absolute Gasteiger partial charge is 0.166 e. The third kappa shape index (κ3) is 3.38. The van der Waals surface area contributed by atoms with Crippen molar-refractivity contribution in [1.29, 1.82) is 0 Å². The molecule has 0 bridgehead atoms. The highest BCUT2D eigenvalue weighted by molar-refractivity contribution is 7.09. The molecule has 0 saturated carbocycles. The Kier molecular flexibility index (Phi) is 4.63. The molecule has 0 atom stereocenters. The lowest BCUT2D eigenvalue weighted by Gasteiger charge is -2.07. The molecule has 2 rings (SSSR count). The summed E-state index contributed by atoms with van der Waals surface area (Å²) >= 11 is 1.57. The van der Waals surface area contributed by atoms with Crippen LogP contribution in [0.4, 0.5) is 4.39 Å². The van der Waals surface area contributed by atoms with E-state index in [-0.39, 0.29) is 17.9 Å². The Labute approximate surface area is 115 Å². The fraction of sp³-hybridized carbons (Fsp3) is 0.286. The average Bonchev–Trinajstić information content (AvgIpc) is 2.85. The van der Waals surface area contributed by atoms with E-state index in [0.717, 1.165) is 23.5 Å². The van der Waals surface area contributed by atoms with Crippen LogP contribution in [0, 0.1) is 5.82 Å². The minimum absolute atomic E-state index is 0.0115. The number of hydrogen-bond donors (Lipinski definition) is 0. The van der Waals surface area contributed by atoms with Gasteiger partial charge in [-0.2, -0.15) is 0 Å². The predicted octanol–water partition coefficient (Wildman–Crippen LogP) is 3.63. The number of ether oxygens (including phenoxy) is 1. The first kappa shape index (κ1) is 13.7. The van der Waals surface area contributed by atoms with Crippen LogP contribution in [0.25, 0.3) is 0 Å². The number of carbonyl (C=O) groups excluding carboxylic acids is 1.